The summed E-state index contributed by atoms with van der Waals surface area (Å²) in [5.74, 6) is 0.0850. The van der Waals surface area contributed by atoms with Crippen molar-refractivity contribution in [2.75, 3.05) is 18.8 Å². The van der Waals surface area contributed by atoms with Crippen LogP contribution >= 0.6 is 0 Å². The zero-order chi connectivity index (χ0) is 12.0. The number of hydrogen-bond donors (Lipinski definition) is 2. The molecule has 1 heterocycles. The lowest BCUT2D eigenvalue weighted by molar-refractivity contribution is 0.559. The van der Waals surface area contributed by atoms with Crippen LogP contribution in [0.15, 0.2) is 12.4 Å². The fourth-order valence-corrected chi connectivity index (χ4v) is 2.34. The Balaban J connectivity index is 2.29. The first-order valence-electron chi connectivity index (χ1n) is 5.20. The molecule has 0 saturated heterocycles. The molecule has 0 aliphatic carbocycles. The zero-order valence-corrected chi connectivity index (χ0v) is 10.2. The molecule has 0 amide bonds. The summed E-state index contributed by atoms with van der Waals surface area (Å²) in [7, 11) is -3.18. The van der Waals surface area contributed by atoms with Crippen LogP contribution in [0.1, 0.15) is 12.0 Å². The molecule has 0 atom stereocenters. The average molecular weight is 246 g/mol. The number of nitrogens with zero attached hydrogens (tertiary/aromatic N) is 2. The van der Waals surface area contributed by atoms with E-state index in [-0.39, 0.29) is 5.75 Å². The third-order valence-corrected chi connectivity index (χ3v) is 3.51. The van der Waals surface area contributed by atoms with E-state index in [0.717, 1.165) is 5.56 Å². The summed E-state index contributed by atoms with van der Waals surface area (Å²) in [6.45, 7) is 3.22. The maximum atomic E-state index is 11.4. The van der Waals surface area contributed by atoms with Gasteiger partial charge in [-0.05, 0) is 25.5 Å². The first-order valence-corrected chi connectivity index (χ1v) is 6.85. The zero-order valence-electron chi connectivity index (χ0n) is 9.39. The van der Waals surface area contributed by atoms with Crippen molar-refractivity contribution in [2.24, 2.45) is 5.73 Å². The summed E-state index contributed by atoms with van der Waals surface area (Å²) < 4.78 is 27.0. The SMILES string of the molecule is Cc1cnn(CCNS(=O)(=O)CCCN)c1. The van der Waals surface area contributed by atoms with E-state index in [0.29, 0.717) is 26.1 Å². The number of rotatable bonds is 7. The van der Waals surface area contributed by atoms with Gasteiger partial charge in [-0.3, -0.25) is 4.68 Å². The summed E-state index contributed by atoms with van der Waals surface area (Å²) in [5, 5.41) is 4.06. The smallest absolute Gasteiger partial charge is 0.211 e. The van der Waals surface area contributed by atoms with Crippen LogP contribution in [-0.2, 0) is 16.6 Å². The largest absolute Gasteiger partial charge is 0.330 e. The highest BCUT2D eigenvalue weighted by molar-refractivity contribution is 7.89. The fraction of sp³-hybridized carbons (Fsp3) is 0.667. The molecule has 0 unspecified atom stereocenters. The molecule has 0 aromatic carbocycles. The molecule has 0 spiro atoms. The van der Waals surface area contributed by atoms with E-state index < -0.39 is 10.0 Å². The summed E-state index contributed by atoms with van der Waals surface area (Å²) in [6.07, 6.45) is 4.09. The number of hydrogen-bond acceptors (Lipinski definition) is 4. The molecular weight excluding hydrogens is 228 g/mol. The topological polar surface area (TPSA) is 90.0 Å². The van der Waals surface area contributed by atoms with Gasteiger partial charge in [0.1, 0.15) is 0 Å². The number of nitrogens with one attached hydrogen (secondary N) is 1. The van der Waals surface area contributed by atoms with E-state index >= 15 is 0 Å². The van der Waals surface area contributed by atoms with Gasteiger partial charge in [-0.1, -0.05) is 0 Å². The van der Waals surface area contributed by atoms with Crippen molar-refractivity contribution in [1.82, 2.24) is 14.5 Å². The Morgan fingerprint density at radius 1 is 1.56 bits per heavy atom. The summed E-state index contributed by atoms with van der Waals surface area (Å²) >= 11 is 0. The van der Waals surface area contributed by atoms with Crippen LogP contribution in [0.4, 0.5) is 0 Å². The normalized spacial score (nSPS) is 11.9. The molecule has 16 heavy (non-hydrogen) atoms. The highest BCUT2D eigenvalue weighted by Gasteiger charge is 2.08. The van der Waals surface area contributed by atoms with Gasteiger partial charge in [0.25, 0.3) is 0 Å². The number of aromatic nitrogens is 2. The number of nitrogens with two attached hydrogens (primary N) is 1. The van der Waals surface area contributed by atoms with Gasteiger partial charge < -0.3 is 5.73 Å². The maximum Gasteiger partial charge on any atom is 0.211 e. The number of aryl methyl sites for hydroxylation is 1. The lowest BCUT2D eigenvalue weighted by atomic mass is 10.4. The average Bonchev–Trinajstić information content (AvgIpc) is 2.61. The first-order chi connectivity index (χ1) is 7.53. The van der Waals surface area contributed by atoms with Crippen molar-refractivity contribution >= 4 is 10.0 Å². The van der Waals surface area contributed by atoms with Gasteiger partial charge in [-0.15, -0.1) is 0 Å². The second-order valence-corrected chi connectivity index (χ2v) is 5.56. The minimum Gasteiger partial charge on any atom is -0.330 e. The molecule has 6 nitrogen and oxygen atoms in total. The lowest BCUT2D eigenvalue weighted by Crippen LogP contribution is -2.30. The molecule has 7 heteroatoms. The molecule has 0 aliphatic rings. The van der Waals surface area contributed by atoms with Crippen molar-refractivity contribution in [3.8, 4) is 0 Å². The van der Waals surface area contributed by atoms with Crippen LogP contribution in [0.25, 0.3) is 0 Å². The fourth-order valence-electron chi connectivity index (χ4n) is 1.25. The quantitative estimate of drug-likeness (QED) is 0.676. The van der Waals surface area contributed by atoms with E-state index in [1.165, 1.54) is 0 Å². The van der Waals surface area contributed by atoms with Crippen molar-refractivity contribution < 1.29 is 8.42 Å². The monoisotopic (exact) mass is 246 g/mol. The van der Waals surface area contributed by atoms with Crippen LogP contribution < -0.4 is 10.5 Å². The van der Waals surface area contributed by atoms with Crippen LogP contribution in [-0.4, -0.2) is 37.0 Å². The van der Waals surface area contributed by atoms with Gasteiger partial charge in [0.2, 0.25) is 10.0 Å². The van der Waals surface area contributed by atoms with Gasteiger partial charge >= 0.3 is 0 Å². The highest BCUT2D eigenvalue weighted by Crippen LogP contribution is 1.94. The highest BCUT2D eigenvalue weighted by atomic mass is 32.2. The van der Waals surface area contributed by atoms with Crippen LogP contribution in [0.2, 0.25) is 0 Å². The van der Waals surface area contributed by atoms with Crippen molar-refractivity contribution in [3.05, 3.63) is 18.0 Å². The number of sulfonamides is 1. The van der Waals surface area contributed by atoms with E-state index in [4.69, 9.17) is 5.73 Å². The Morgan fingerprint density at radius 2 is 2.31 bits per heavy atom. The molecular formula is C9H18N4O2S. The Labute approximate surface area is 95.9 Å². The van der Waals surface area contributed by atoms with Crippen LogP contribution in [0.5, 0.6) is 0 Å². The van der Waals surface area contributed by atoms with E-state index in [9.17, 15) is 8.42 Å². The standard InChI is InChI=1S/C9H18N4O2S/c1-9-7-11-13(8-9)5-4-12-16(14,15)6-2-3-10/h7-8,12H,2-6,10H2,1H3. The Kier molecular flexibility index (Phi) is 4.91. The van der Waals surface area contributed by atoms with Crippen molar-refractivity contribution in [3.63, 3.8) is 0 Å². The molecule has 3 N–H and O–H groups in total. The first kappa shape index (κ1) is 13.1. The predicted molar refractivity (Wildman–Crippen MR) is 62.4 cm³/mol. The summed E-state index contributed by atoms with van der Waals surface area (Å²) in [6, 6.07) is 0. The minimum absolute atomic E-state index is 0.0850. The van der Waals surface area contributed by atoms with Gasteiger partial charge in [0.15, 0.2) is 0 Å². The maximum absolute atomic E-state index is 11.4. The Hall–Kier alpha value is -0.920. The van der Waals surface area contributed by atoms with Gasteiger partial charge in [-0.2, -0.15) is 5.10 Å². The predicted octanol–water partition coefficient (Wildman–Crippen LogP) is -0.540. The molecule has 1 aromatic heterocycles. The molecule has 0 radical (unpaired) electrons. The third-order valence-electron chi connectivity index (χ3n) is 2.04. The molecule has 0 fully saturated rings. The summed E-state index contributed by atoms with van der Waals surface area (Å²) in [5.41, 5.74) is 6.31. The molecule has 0 saturated carbocycles. The van der Waals surface area contributed by atoms with Crippen LogP contribution in [0, 0.1) is 6.92 Å². The van der Waals surface area contributed by atoms with Gasteiger partial charge in [-0.25, -0.2) is 13.1 Å². The molecule has 92 valence electrons. The molecule has 1 aromatic rings. The third kappa shape index (κ3) is 4.73. The molecule has 0 aliphatic heterocycles. The molecule has 1 rings (SSSR count). The van der Waals surface area contributed by atoms with E-state index in [2.05, 4.69) is 9.82 Å². The second kappa shape index (κ2) is 5.97. The Morgan fingerprint density at radius 3 is 2.88 bits per heavy atom. The van der Waals surface area contributed by atoms with Gasteiger partial charge in [0, 0.05) is 12.7 Å². The van der Waals surface area contributed by atoms with E-state index in [1.54, 1.807) is 10.9 Å². The van der Waals surface area contributed by atoms with Crippen molar-refractivity contribution in [1.29, 1.82) is 0 Å². The van der Waals surface area contributed by atoms with Crippen LogP contribution in [0.3, 0.4) is 0 Å². The molecule has 0 bridgehead atoms. The van der Waals surface area contributed by atoms with Crippen molar-refractivity contribution in [2.45, 2.75) is 19.9 Å². The Bertz CT molecular complexity index is 413. The van der Waals surface area contributed by atoms with E-state index in [1.807, 2.05) is 13.1 Å². The lowest BCUT2D eigenvalue weighted by Gasteiger charge is -2.05. The van der Waals surface area contributed by atoms with Gasteiger partial charge in [0.05, 0.1) is 18.5 Å². The minimum atomic E-state index is -3.18. The second-order valence-electron chi connectivity index (χ2n) is 3.64. The summed E-state index contributed by atoms with van der Waals surface area (Å²) in [4.78, 5) is 0.